The summed E-state index contributed by atoms with van der Waals surface area (Å²) in [5.74, 6) is 1.91. The van der Waals surface area contributed by atoms with Gasteiger partial charge in [0.25, 0.3) is 0 Å². The lowest BCUT2D eigenvalue weighted by molar-refractivity contribution is 0.121. The van der Waals surface area contributed by atoms with Crippen LogP contribution in [0.4, 0.5) is 11.6 Å². The molecule has 10 nitrogen and oxygen atoms in total. The summed E-state index contributed by atoms with van der Waals surface area (Å²) in [6.45, 7) is 5.39. The zero-order valence-corrected chi connectivity index (χ0v) is 26.0. The number of fused-ring (bicyclic) bond motifs is 2. The van der Waals surface area contributed by atoms with Gasteiger partial charge in [-0.15, -0.1) is 10.2 Å². The summed E-state index contributed by atoms with van der Waals surface area (Å²) in [6, 6.07) is 20.0. The normalized spacial score (nSPS) is 18.1. The highest BCUT2D eigenvalue weighted by molar-refractivity contribution is 6.30. The molecule has 6 aromatic rings. The van der Waals surface area contributed by atoms with Gasteiger partial charge in [-0.1, -0.05) is 29.3 Å². The molecule has 2 aromatic carbocycles. The van der Waals surface area contributed by atoms with Crippen LogP contribution in [0.25, 0.3) is 33.2 Å². The third-order valence-corrected chi connectivity index (χ3v) is 8.77. The number of nitrogens with zero attached hydrogens (tertiary/aromatic N) is 8. The SMILES string of the molecule is COC1CCN(c2nn(-c3ccc(C)cc3)c3cnccc23)C1.OC1CCN(c2nn(-c3ccc(Cl)cc3)c3cnccc23)C1. The van der Waals surface area contributed by atoms with Crippen LogP contribution in [0.5, 0.6) is 0 Å². The van der Waals surface area contributed by atoms with E-state index in [2.05, 4.69) is 51.0 Å². The minimum absolute atomic E-state index is 0.280. The maximum absolute atomic E-state index is 9.78. The van der Waals surface area contributed by atoms with Crippen molar-refractivity contribution in [1.82, 2.24) is 29.5 Å². The summed E-state index contributed by atoms with van der Waals surface area (Å²) in [6.07, 6.45) is 9.13. The van der Waals surface area contributed by atoms with Crippen molar-refractivity contribution in [3.8, 4) is 11.4 Å². The van der Waals surface area contributed by atoms with E-state index in [-0.39, 0.29) is 12.2 Å². The molecule has 2 unspecified atom stereocenters. The van der Waals surface area contributed by atoms with Gasteiger partial charge < -0.3 is 19.6 Å². The van der Waals surface area contributed by atoms with Gasteiger partial charge >= 0.3 is 0 Å². The van der Waals surface area contributed by atoms with E-state index in [4.69, 9.17) is 26.5 Å². The van der Waals surface area contributed by atoms with Crippen molar-refractivity contribution in [3.63, 3.8) is 0 Å². The third-order valence-electron chi connectivity index (χ3n) is 8.52. The lowest BCUT2D eigenvalue weighted by Crippen LogP contribution is -2.22. The Morgan fingerprint density at radius 2 is 1.27 bits per heavy atom. The standard InChI is InChI=1S/C18H20N4O.C16H15ClN4O/c1-13-3-5-14(6-4-13)22-17-11-19-9-7-16(17)18(20-22)21-10-8-15(12-21)23-2;17-11-1-3-12(4-2-11)21-15-9-18-7-5-14(15)16(19-21)20-8-6-13(22)10-20/h3-7,9,11,15H,8,10,12H2,1-2H3;1-5,7,9,13,22H,6,8,10H2. The summed E-state index contributed by atoms with van der Waals surface area (Å²) in [7, 11) is 1.78. The molecule has 0 bridgehead atoms. The minimum atomic E-state index is -0.280. The molecule has 2 aliphatic heterocycles. The first kappa shape index (κ1) is 29.2. The number of β-amino-alcohol motifs (C(OH)–C–C–N with tert-alkyl or cyclic N) is 1. The smallest absolute Gasteiger partial charge is 0.159 e. The van der Waals surface area contributed by atoms with E-state index in [1.54, 1.807) is 13.3 Å². The Hall–Kier alpha value is -4.51. The number of aryl methyl sites for hydroxylation is 1. The van der Waals surface area contributed by atoms with Crippen LogP contribution in [0.1, 0.15) is 18.4 Å². The van der Waals surface area contributed by atoms with Gasteiger partial charge in [0.15, 0.2) is 11.6 Å². The highest BCUT2D eigenvalue weighted by atomic mass is 35.5. The predicted molar refractivity (Wildman–Crippen MR) is 178 cm³/mol. The number of methoxy groups -OCH3 is 1. The Kier molecular flexibility index (Phi) is 8.10. The maximum atomic E-state index is 9.78. The number of rotatable bonds is 5. The van der Waals surface area contributed by atoms with Gasteiger partial charge in [0.2, 0.25) is 0 Å². The fraction of sp³-hybridized carbons (Fsp3) is 0.294. The molecule has 2 atom stereocenters. The Morgan fingerprint density at radius 3 is 1.78 bits per heavy atom. The molecule has 2 saturated heterocycles. The molecule has 0 aliphatic carbocycles. The first-order chi connectivity index (χ1) is 22.0. The molecule has 2 aliphatic rings. The molecule has 6 heterocycles. The first-order valence-corrected chi connectivity index (χ1v) is 15.6. The van der Waals surface area contributed by atoms with Gasteiger partial charge in [0, 0.05) is 61.5 Å². The number of halogens is 1. The molecular formula is C34H35ClN8O2. The van der Waals surface area contributed by atoms with Crippen LogP contribution < -0.4 is 9.80 Å². The van der Waals surface area contributed by atoms with Crippen LogP contribution in [0, 0.1) is 6.92 Å². The molecule has 230 valence electrons. The Morgan fingerprint density at radius 1 is 0.733 bits per heavy atom. The van der Waals surface area contributed by atoms with E-state index in [0.29, 0.717) is 11.6 Å². The Balaban J connectivity index is 0.000000145. The number of aromatic nitrogens is 6. The maximum Gasteiger partial charge on any atom is 0.159 e. The van der Waals surface area contributed by atoms with E-state index in [9.17, 15) is 5.11 Å². The summed E-state index contributed by atoms with van der Waals surface area (Å²) in [4.78, 5) is 12.9. The number of hydrogen-bond acceptors (Lipinski definition) is 8. The average Bonchev–Trinajstić information content (AvgIpc) is 3.87. The fourth-order valence-electron chi connectivity index (χ4n) is 6.07. The fourth-order valence-corrected chi connectivity index (χ4v) is 6.20. The summed E-state index contributed by atoms with van der Waals surface area (Å²) >= 11 is 5.96. The first-order valence-electron chi connectivity index (χ1n) is 15.2. The Labute approximate surface area is 266 Å². The highest BCUT2D eigenvalue weighted by Crippen LogP contribution is 2.32. The van der Waals surface area contributed by atoms with Crippen LogP contribution in [-0.2, 0) is 4.74 Å². The second kappa shape index (κ2) is 12.5. The molecule has 0 saturated carbocycles. The van der Waals surface area contributed by atoms with Gasteiger partial charge in [-0.25, -0.2) is 9.36 Å². The van der Waals surface area contributed by atoms with Gasteiger partial charge in [0.1, 0.15) is 0 Å². The van der Waals surface area contributed by atoms with Gasteiger partial charge in [-0.2, -0.15) is 0 Å². The van der Waals surface area contributed by atoms with Crippen LogP contribution >= 0.6 is 11.6 Å². The number of aliphatic hydroxyl groups excluding tert-OH is 1. The summed E-state index contributed by atoms with van der Waals surface area (Å²) < 4.78 is 9.35. The molecule has 45 heavy (non-hydrogen) atoms. The van der Waals surface area contributed by atoms with Gasteiger partial charge in [0.05, 0.1) is 47.0 Å². The predicted octanol–water partition coefficient (Wildman–Crippen LogP) is 5.60. The van der Waals surface area contributed by atoms with Crippen molar-refractivity contribution in [3.05, 3.63) is 96.0 Å². The minimum Gasteiger partial charge on any atom is -0.391 e. The quantitative estimate of drug-likeness (QED) is 0.265. The number of pyridine rings is 2. The number of benzene rings is 2. The van der Waals surface area contributed by atoms with Crippen molar-refractivity contribution in [2.24, 2.45) is 0 Å². The average molecular weight is 623 g/mol. The third kappa shape index (κ3) is 5.84. The molecule has 4 aromatic heterocycles. The van der Waals surface area contributed by atoms with Crippen molar-refractivity contribution < 1.29 is 9.84 Å². The van der Waals surface area contributed by atoms with Crippen LogP contribution in [0.15, 0.2) is 85.5 Å². The Bertz CT molecular complexity index is 1920. The molecule has 0 amide bonds. The van der Waals surface area contributed by atoms with E-state index < -0.39 is 0 Å². The second-order valence-corrected chi connectivity index (χ2v) is 12.0. The van der Waals surface area contributed by atoms with E-state index in [0.717, 1.165) is 77.3 Å². The lowest BCUT2D eigenvalue weighted by atomic mass is 10.2. The molecule has 1 N–H and O–H groups in total. The van der Waals surface area contributed by atoms with Crippen LogP contribution in [0.3, 0.4) is 0 Å². The van der Waals surface area contributed by atoms with Gasteiger partial charge in [-0.05, 0) is 68.3 Å². The lowest BCUT2D eigenvalue weighted by Gasteiger charge is -2.15. The summed E-state index contributed by atoms with van der Waals surface area (Å²) in [5, 5.41) is 22.3. The van der Waals surface area contributed by atoms with Crippen LogP contribution in [0.2, 0.25) is 5.02 Å². The molecule has 0 spiro atoms. The molecule has 2 fully saturated rings. The zero-order chi connectivity index (χ0) is 30.9. The monoisotopic (exact) mass is 622 g/mol. The number of aliphatic hydroxyl groups is 1. The van der Waals surface area contributed by atoms with Gasteiger partial charge in [-0.3, -0.25) is 9.97 Å². The molecule has 0 radical (unpaired) electrons. The van der Waals surface area contributed by atoms with E-state index in [1.165, 1.54) is 5.56 Å². The number of anilines is 2. The number of hydrogen-bond donors (Lipinski definition) is 1. The van der Waals surface area contributed by atoms with Crippen LogP contribution in [-0.4, -0.2) is 80.1 Å². The van der Waals surface area contributed by atoms with Crippen molar-refractivity contribution in [1.29, 1.82) is 0 Å². The largest absolute Gasteiger partial charge is 0.391 e. The van der Waals surface area contributed by atoms with Crippen molar-refractivity contribution in [2.45, 2.75) is 32.0 Å². The summed E-state index contributed by atoms with van der Waals surface area (Å²) in [5.41, 5.74) is 5.22. The van der Waals surface area contributed by atoms with E-state index >= 15 is 0 Å². The molecule has 8 rings (SSSR count). The second-order valence-electron chi connectivity index (χ2n) is 11.5. The number of ether oxygens (including phenoxy) is 1. The molecular weight excluding hydrogens is 588 g/mol. The highest BCUT2D eigenvalue weighted by Gasteiger charge is 2.27. The molecule has 11 heteroatoms. The van der Waals surface area contributed by atoms with E-state index in [1.807, 2.05) is 64.4 Å². The van der Waals surface area contributed by atoms with Crippen molar-refractivity contribution >= 4 is 45.0 Å². The topological polar surface area (TPSA) is 97.4 Å². The van der Waals surface area contributed by atoms with Crippen molar-refractivity contribution in [2.75, 3.05) is 43.1 Å². The zero-order valence-electron chi connectivity index (χ0n) is 25.3.